The quantitative estimate of drug-likeness (QED) is 0.443. The van der Waals surface area contributed by atoms with E-state index in [1.807, 2.05) is 0 Å². The number of rotatable bonds is 2. The van der Waals surface area contributed by atoms with Gasteiger partial charge in [-0.05, 0) is 36.6 Å². The first-order valence-electron chi connectivity index (χ1n) is 6.10. The molecule has 104 valence electrons. The van der Waals surface area contributed by atoms with Crippen molar-refractivity contribution >= 4 is 24.5 Å². The number of nitrogens with one attached hydrogen (secondary N) is 1. The van der Waals surface area contributed by atoms with Crippen LogP contribution in [0.15, 0.2) is 28.3 Å². The van der Waals surface area contributed by atoms with Crippen LogP contribution in [0.25, 0.3) is 0 Å². The Morgan fingerprint density at radius 2 is 2.00 bits per heavy atom. The maximum atomic E-state index is 9.33. The van der Waals surface area contributed by atoms with Gasteiger partial charge in [0, 0.05) is 13.0 Å². The third kappa shape index (κ3) is 4.79. The summed E-state index contributed by atoms with van der Waals surface area (Å²) in [4.78, 5) is 4.39. The maximum Gasteiger partial charge on any atom is 0.158 e. The average molecular weight is 284 g/mol. The molecule has 5 nitrogen and oxygen atoms in total. The summed E-state index contributed by atoms with van der Waals surface area (Å²) >= 11 is 0. The van der Waals surface area contributed by atoms with E-state index in [-0.39, 0.29) is 23.9 Å². The molecule has 0 aliphatic carbocycles. The fourth-order valence-corrected chi connectivity index (χ4v) is 1.77. The van der Waals surface area contributed by atoms with Crippen LogP contribution in [0.4, 0.5) is 0 Å². The molecule has 0 atom stereocenters. The van der Waals surface area contributed by atoms with Crippen LogP contribution in [-0.4, -0.2) is 28.8 Å². The topological polar surface area (TPSA) is 77.2 Å². The summed E-state index contributed by atoms with van der Waals surface area (Å²) < 4.78 is 0. The Bertz CT molecular complexity index is 475. The molecule has 0 saturated carbocycles. The molecule has 6 heteroatoms. The molecule has 1 aliphatic rings. The van der Waals surface area contributed by atoms with Gasteiger partial charge in [-0.2, -0.15) is 5.10 Å². The summed E-state index contributed by atoms with van der Waals surface area (Å²) in [5.41, 5.74) is 3.63. The van der Waals surface area contributed by atoms with Crippen molar-refractivity contribution in [3.05, 3.63) is 23.8 Å². The lowest BCUT2D eigenvalue weighted by Crippen LogP contribution is -2.17. The number of hydrazone groups is 1. The van der Waals surface area contributed by atoms with Gasteiger partial charge in [-0.3, -0.25) is 10.4 Å². The number of aliphatic imine (C=N–C) groups is 1. The van der Waals surface area contributed by atoms with E-state index in [1.54, 1.807) is 12.3 Å². The molecule has 0 aromatic heterocycles. The fraction of sp³-hybridized carbons (Fsp3) is 0.385. The smallest absolute Gasteiger partial charge is 0.158 e. The van der Waals surface area contributed by atoms with Crippen molar-refractivity contribution in [1.82, 2.24) is 5.43 Å². The second-order valence-corrected chi connectivity index (χ2v) is 4.26. The molecule has 2 rings (SSSR count). The number of hydrogen-bond donors (Lipinski definition) is 3. The molecule has 0 bridgehead atoms. The highest BCUT2D eigenvalue weighted by Crippen LogP contribution is 2.23. The lowest BCUT2D eigenvalue weighted by molar-refractivity contribution is 0.403. The number of benzene rings is 1. The third-order valence-corrected chi connectivity index (χ3v) is 2.78. The molecule has 1 aromatic rings. The monoisotopic (exact) mass is 283 g/mol. The minimum absolute atomic E-state index is 0. The summed E-state index contributed by atoms with van der Waals surface area (Å²) in [5.74, 6) is 0.630. The predicted molar refractivity (Wildman–Crippen MR) is 78.5 cm³/mol. The van der Waals surface area contributed by atoms with Crippen LogP contribution in [0, 0.1) is 0 Å². The average Bonchev–Trinajstić information content (AvgIpc) is 2.62. The second-order valence-electron chi connectivity index (χ2n) is 4.26. The molecule has 0 amide bonds. The molecule has 0 radical (unpaired) electrons. The molecule has 0 spiro atoms. The van der Waals surface area contributed by atoms with Crippen LogP contribution >= 0.6 is 12.4 Å². The van der Waals surface area contributed by atoms with E-state index in [1.165, 1.54) is 18.6 Å². The number of amidine groups is 1. The summed E-state index contributed by atoms with van der Waals surface area (Å²) in [6.45, 7) is 0.859. The largest absolute Gasteiger partial charge is 0.504 e. The van der Waals surface area contributed by atoms with E-state index in [0.29, 0.717) is 5.56 Å². The highest BCUT2D eigenvalue weighted by molar-refractivity contribution is 5.86. The van der Waals surface area contributed by atoms with E-state index in [0.717, 1.165) is 31.6 Å². The van der Waals surface area contributed by atoms with Crippen LogP contribution in [0.3, 0.4) is 0 Å². The number of phenolic OH excluding ortho intramolecular Hbond substituents is 2. The van der Waals surface area contributed by atoms with E-state index in [2.05, 4.69) is 15.5 Å². The van der Waals surface area contributed by atoms with Gasteiger partial charge in [-0.25, -0.2) is 0 Å². The summed E-state index contributed by atoms with van der Waals surface area (Å²) in [6.07, 6.45) is 6.01. The minimum Gasteiger partial charge on any atom is -0.504 e. The molecule has 0 saturated heterocycles. The lowest BCUT2D eigenvalue weighted by Gasteiger charge is -2.02. The maximum absolute atomic E-state index is 9.33. The SMILES string of the molecule is Cl.Oc1ccc(C=NNC2=NCCCCC2)cc1O. The molecule has 1 heterocycles. The Balaban J connectivity index is 0.00000180. The zero-order valence-electron chi connectivity index (χ0n) is 10.5. The number of aromatic hydroxyl groups is 2. The first-order valence-corrected chi connectivity index (χ1v) is 6.10. The van der Waals surface area contributed by atoms with E-state index in [9.17, 15) is 10.2 Å². The van der Waals surface area contributed by atoms with Crippen LogP contribution in [0.2, 0.25) is 0 Å². The first-order chi connectivity index (χ1) is 8.75. The number of halogens is 1. The normalized spacial score (nSPS) is 15.5. The highest BCUT2D eigenvalue weighted by atomic mass is 35.5. The summed E-state index contributed by atoms with van der Waals surface area (Å²) in [5, 5.41) is 22.6. The van der Waals surface area contributed by atoms with Gasteiger partial charge in [0.1, 0.15) is 5.84 Å². The molecule has 0 unspecified atom stereocenters. The van der Waals surface area contributed by atoms with Crippen molar-refractivity contribution in [2.45, 2.75) is 25.7 Å². The van der Waals surface area contributed by atoms with Crippen LogP contribution in [-0.2, 0) is 0 Å². The van der Waals surface area contributed by atoms with Gasteiger partial charge in [0.2, 0.25) is 0 Å². The lowest BCUT2D eigenvalue weighted by atomic mass is 10.2. The van der Waals surface area contributed by atoms with Crippen molar-refractivity contribution in [2.24, 2.45) is 10.1 Å². The van der Waals surface area contributed by atoms with Crippen LogP contribution in [0.1, 0.15) is 31.2 Å². The Morgan fingerprint density at radius 1 is 1.16 bits per heavy atom. The number of hydrogen-bond acceptors (Lipinski definition) is 5. The van der Waals surface area contributed by atoms with Crippen LogP contribution in [0.5, 0.6) is 11.5 Å². The van der Waals surface area contributed by atoms with Gasteiger partial charge in [0.25, 0.3) is 0 Å². The molecule has 1 aromatic carbocycles. The second kappa shape index (κ2) is 7.63. The highest BCUT2D eigenvalue weighted by Gasteiger charge is 2.02. The Hall–Kier alpha value is -1.75. The summed E-state index contributed by atoms with van der Waals surface area (Å²) in [7, 11) is 0. The van der Waals surface area contributed by atoms with Crippen molar-refractivity contribution < 1.29 is 10.2 Å². The van der Waals surface area contributed by atoms with E-state index in [4.69, 9.17) is 0 Å². The summed E-state index contributed by atoms with van der Waals surface area (Å²) in [6, 6.07) is 4.56. The molecular formula is C13H18ClN3O2. The van der Waals surface area contributed by atoms with Gasteiger partial charge < -0.3 is 10.2 Å². The Morgan fingerprint density at radius 3 is 2.79 bits per heavy atom. The standard InChI is InChI=1S/C13H17N3O2.ClH/c17-11-6-5-10(8-12(11)18)9-15-16-13-4-2-1-3-7-14-13;/h5-6,8-9,17-18H,1-4,7H2,(H,14,16);1H. The van der Waals surface area contributed by atoms with Gasteiger partial charge >= 0.3 is 0 Å². The van der Waals surface area contributed by atoms with Gasteiger partial charge in [0.05, 0.1) is 6.21 Å². The van der Waals surface area contributed by atoms with Gasteiger partial charge in [0.15, 0.2) is 11.5 Å². The number of nitrogens with zero attached hydrogens (tertiary/aromatic N) is 2. The molecule has 1 aliphatic heterocycles. The number of phenols is 2. The predicted octanol–water partition coefficient (Wildman–Crippen LogP) is 2.42. The van der Waals surface area contributed by atoms with E-state index >= 15 is 0 Å². The van der Waals surface area contributed by atoms with Crippen molar-refractivity contribution in [3.8, 4) is 11.5 Å². The van der Waals surface area contributed by atoms with Gasteiger partial charge in [-0.1, -0.05) is 6.42 Å². The van der Waals surface area contributed by atoms with Crippen LogP contribution < -0.4 is 5.43 Å². The van der Waals surface area contributed by atoms with Crippen molar-refractivity contribution in [3.63, 3.8) is 0 Å². The fourth-order valence-electron chi connectivity index (χ4n) is 1.77. The van der Waals surface area contributed by atoms with E-state index < -0.39 is 0 Å². The zero-order chi connectivity index (χ0) is 12.8. The minimum atomic E-state index is -0.147. The van der Waals surface area contributed by atoms with Crippen molar-refractivity contribution in [1.29, 1.82) is 0 Å². The zero-order valence-corrected chi connectivity index (χ0v) is 11.4. The molecule has 0 fully saturated rings. The van der Waals surface area contributed by atoms with Gasteiger partial charge in [-0.15, -0.1) is 12.4 Å². The molecule has 19 heavy (non-hydrogen) atoms. The Labute approximate surface area is 118 Å². The molecular weight excluding hydrogens is 266 g/mol. The van der Waals surface area contributed by atoms with Crippen molar-refractivity contribution in [2.75, 3.05) is 6.54 Å². The molecule has 3 N–H and O–H groups in total. The first kappa shape index (κ1) is 15.3. The Kier molecular flexibility index (Phi) is 6.15. The third-order valence-electron chi connectivity index (χ3n) is 2.78.